The van der Waals surface area contributed by atoms with Crippen LogP contribution in [0.5, 0.6) is 34.5 Å². The highest BCUT2D eigenvalue weighted by molar-refractivity contribution is 6.37. The number of Topliss-reactive ketones (excluding diaryl/α,β-unsaturated/α-hetero) is 6. The predicted molar refractivity (Wildman–Crippen MR) is 391 cm³/mol. The molecule has 13 aromatic carbocycles. The lowest BCUT2D eigenvalue weighted by Gasteiger charge is -2.27. The summed E-state index contributed by atoms with van der Waals surface area (Å²) in [5.74, 6) is 0.527. The third kappa shape index (κ3) is 11.2. The zero-order valence-electron chi connectivity index (χ0n) is 55.3. The van der Waals surface area contributed by atoms with Gasteiger partial charge >= 0.3 is 0 Å². The maximum atomic E-state index is 14.7. The van der Waals surface area contributed by atoms with Crippen molar-refractivity contribution in [2.45, 2.75) is 42.7 Å². The van der Waals surface area contributed by atoms with Crippen LogP contribution in [0.15, 0.2) is 315 Å². The van der Waals surface area contributed by atoms with Gasteiger partial charge in [-0.2, -0.15) is 0 Å². The molecule has 13 aromatic rings. The van der Waals surface area contributed by atoms with E-state index in [0.29, 0.717) is 89.8 Å². The fraction of sp³-hybridized carbons (Fsp3) is 0.0769. The summed E-state index contributed by atoms with van der Waals surface area (Å²) in [5, 5.41) is 20.1. The zero-order valence-corrected chi connectivity index (χ0v) is 55.3. The van der Waals surface area contributed by atoms with E-state index in [4.69, 9.17) is 18.9 Å². The lowest BCUT2D eigenvalue weighted by atomic mass is 9.70. The first-order chi connectivity index (χ1) is 50.3. The summed E-state index contributed by atoms with van der Waals surface area (Å²) in [5.41, 5.74) is 8.31. The van der Waals surface area contributed by atoms with Crippen LogP contribution in [0.3, 0.4) is 0 Å². The lowest BCUT2D eigenvalue weighted by Crippen LogP contribution is -2.39. The molecular weight excluding hydrogens is 1280 g/mol. The molecule has 0 radical (unpaired) electrons. The quantitative estimate of drug-likeness (QED) is 0.0691. The van der Waals surface area contributed by atoms with Gasteiger partial charge in [-0.15, -0.1) is 0 Å². The third-order valence-corrected chi connectivity index (χ3v) is 20.1. The van der Waals surface area contributed by atoms with Crippen molar-refractivity contribution in [2.75, 3.05) is 0 Å². The molecule has 2 N–H and O–H groups in total. The number of rotatable bonds is 20. The molecule has 0 bridgehead atoms. The second kappa shape index (κ2) is 26.4. The Balaban J connectivity index is 0.525. The molecule has 103 heavy (non-hydrogen) atoms. The van der Waals surface area contributed by atoms with Gasteiger partial charge in [0, 0.05) is 33.4 Å². The topological polar surface area (TPSA) is 180 Å². The third-order valence-electron chi connectivity index (χ3n) is 20.1. The highest BCUT2D eigenvalue weighted by Crippen LogP contribution is 2.49. The number of aromatic hydroxyl groups is 2. The van der Waals surface area contributed by atoms with Gasteiger partial charge in [-0.25, -0.2) is 0 Å². The highest BCUT2D eigenvalue weighted by atomic mass is 16.5. The van der Waals surface area contributed by atoms with E-state index in [1.54, 1.807) is 194 Å². The number of hydrogen-bond donors (Lipinski definition) is 2. The van der Waals surface area contributed by atoms with Gasteiger partial charge in [0.25, 0.3) is 0 Å². The molecule has 16 rings (SSSR count). The number of hydrogen-bond acceptors (Lipinski definition) is 12. The Morgan fingerprint density at radius 3 is 0.544 bits per heavy atom. The highest BCUT2D eigenvalue weighted by Gasteiger charge is 2.58. The van der Waals surface area contributed by atoms with E-state index in [1.807, 2.05) is 97.1 Å². The van der Waals surface area contributed by atoms with Gasteiger partial charge in [0.05, 0.1) is 0 Å². The van der Waals surface area contributed by atoms with Crippen LogP contribution in [-0.2, 0) is 42.7 Å². The van der Waals surface area contributed by atoms with Crippen LogP contribution in [0.1, 0.15) is 118 Å². The standard InChI is InChI=1S/C91H62O12/c92-71-41-29-65(30-42-71)89(83(94)77-7-1-2-8-78(77)84(89)95)67-33-45-73(46-34-67)100-53-57-13-21-61(22-14-57)63-25-17-59(18-26-63)55-102-75-49-37-69(38-50-75)91(87(98)81-11-5-6-12-82(81)88(91)99)70-39-51-76(52-40-70)103-56-60-19-27-64(28-20-60)62-23-15-58(16-24-62)54-101-74-47-35-68(36-48-74)90(66-31-43-72(93)44-32-66)85(96)79-9-3-4-10-80(79)86(90)97/h1-52,92-93H,53-56H2. The van der Waals surface area contributed by atoms with E-state index in [0.717, 1.165) is 44.5 Å². The molecule has 0 heterocycles. The number of carbonyl (C=O) groups is 6. The number of phenolic OH excluding ortho intramolecular Hbond substituents is 2. The molecule has 0 aromatic heterocycles. The average molecular weight is 1350 g/mol. The van der Waals surface area contributed by atoms with Gasteiger partial charge in [-0.1, -0.05) is 243 Å². The molecular formula is C91H62O12. The fourth-order valence-electron chi connectivity index (χ4n) is 14.7. The number of ketones is 6. The van der Waals surface area contributed by atoms with E-state index >= 15 is 0 Å². The Labute approximate surface area is 593 Å². The molecule has 12 nitrogen and oxygen atoms in total. The Morgan fingerprint density at radius 1 is 0.204 bits per heavy atom. The SMILES string of the molecule is O=C1c2ccccc2C(=O)C1(c1ccc(O)cc1)c1ccc(OCc2ccc(-c3ccc(COc4ccc(C5(c6ccc(OCc7ccc(-c8ccc(COc9ccc(C%10(c%11ccc(O)cc%11)C(=O)c%11ccccc%11C%10=O)cc9)cc8)cc7)cc6)C(=O)c6ccccc6C5=O)cc4)cc3)cc2)cc1. The Bertz CT molecular complexity index is 5040. The molecule has 0 unspecified atom stereocenters. The molecule has 12 heteroatoms. The molecule has 0 fully saturated rings. The average Bonchev–Trinajstić information content (AvgIpc) is 1.59. The van der Waals surface area contributed by atoms with Crippen LogP contribution < -0.4 is 18.9 Å². The summed E-state index contributed by atoms with van der Waals surface area (Å²) in [6, 6.07) is 94.0. The van der Waals surface area contributed by atoms with Crippen molar-refractivity contribution in [3.63, 3.8) is 0 Å². The summed E-state index contributed by atoms with van der Waals surface area (Å²) < 4.78 is 24.9. The van der Waals surface area contributed by atoms with Gasteiger partial charge in [0.15, 0.2) is 34.7 Å². The van der Waals surface area contributed by atoms with Gasteiger partial charge < -0.3 is 29.2 Å². The fourth-order valence-corrected chi connectivity index (χ4v) is 14.7. The van der Waals surface area contributed by atoms with E-state index in [9.17, 15) is 39.0 Å². The molecule has 0 aliphatic heterocycles. The summed E-state index contributed by atoms with van der Waals surface area (Å²) >= 11 is 0. The van der Waals surface area contributed by atoms with Crippen LogP contribution in [0, 0.1) is 0 Å². The molecule has 3 aliphatic rings. The minimum atomic E-state index is -1.63. The van der Waals surface area contributed by atoms with Crippen LogP contribution in [0.25, 0.3) is 22.3 Å². The van der Waals surface area contributed by atoms with Crippen molar-refractivity contribution in [2.24, 2.45) is 0 Å². The number of ether oxygens (including phenoxy) is 4. The largest absolute Gasteiger partial charge is 0.508 e. The molecule has 3 aliphatic carbocycles. The van der Waals surface area contributed by atoms with Crippen molar-refractivity contribution in [3.05, 3.63) is 404 Å². The number of phenols is 2. The van der Waals surface area contributed by atoms with Crippen LogP contribution >= 0.6 is 0 Å². The number of fused-ring (bicyclic) bond motifs is 3. The van der Waals surface area contributed by atoms with Gasteiger partial charge in [0.1, 0.15) is 77.2 Å². The van der Waals surface area contributed by atoms with Gasteiger partial charge in [-0.3, -0.25) is 28.8 Å². The van der Waals surface area contributed by atoms with Crippen molar-refractivity contribution < 1.29 is 57.9 Å². The minimum Gasteiger partial charge on any atom is -0.508 e. The minimum absolute atomic E-state index is 0.0356. The van der Waals surface area contributed by atoms with Crippen LogP contribution in [0.4, 0.5) is 0 Å². The predicted octanol–water partition coefficient (Wildman–Crippen LogP) is 17.8. The van der Waals surface area contributed by atoms with E-state index in [1.165, 1.54) is 24.3 Å². The normalized spacial score (nSPS) is 14.4. The van der Waals surface area contributed by atoms with Gasteiger partial charge in [0.2, 0.25) is 0 Å². The molecule has 0 spiro atoms. The summed E-state index contributed by atoms with van der Waals surface area (Å²) in [6.45, 7) is 1.14. The zero-order chi connectivity index (χ0) is 70.4. The number of benzene rings is 13. The molecule has 0 saturated heterocycles. The maximum Gasteiger partial charge on any atom is 0.186 e. The Kier molecular flexibility index (Phi) is 16.5. The van der Waals surface area contributed by atoms with E-state index < -0.39 is 16.2 Å². The van der Waals surface area contributed by atoms with Crippen LogP contribution in [-0.4, -0.2) is 44.9 Å². The summed E-state index contributed by atoms with van der Waals surface area (Å²) in [6.07, 6.45) is 0. The van der Waals surface area contributed by atoms with E-state index in [2.05, 4.69) is 0 Å². The molecule has 0 saturated carbocycles. The first kappa shape index (κ1) is 64.4. The van der Waals surface area contributed by atoms with Crippen LogP contribution in [0.2, 0.25) is 0 Å². The van der Waals surface area contributed by atoms with Crippen molar-refractivity contribution in [3.8, 4) is 56.8 Å². The second-order valence-electron chi connectivity index (χ2n) is 26.0. The smallest absolute Gasteiger partial charge is 0.186 e. The molecule has 0 amide bonds. The van der Waals surface area contributed by atoms with Gasteiger partial charge in [-0.05, 0) is 151 Å². The maximum absolute atomic E-state index is 14.7. The monoisotopic (exact) mass is 1350 g/mol. The molecule has 498 valence electrons. The van der Waals surface area contributed by atoms with E-state index in [-0.39, 0.29) is 72.6 Å². The molecule has 0 atom stereocenters. The van der Waals surface area contributed by atoms with Crippen molar-refractivity contribution >= 4 is 34.7 Å². The van der Waals surface area contributed by atoms with Crippen molar-refractivity contribution in [1.82, 2.24) is 0 Å². The Hall–Kier alpha value is -13.3. The first-order valence-electron chi connectivity index (χ1n) is 33.8. The van der Waals surface area contributed by atoms with Crippen molar-refractivity contribution in [1.29, 1.82) is 0 Å². The second-order valence-corrected chi connectivity index (χ2v) is 26.0. The summed E-state index contributed by atoms with van der Waals surface area (Å²) in [7, 11) is 0. The first-order valence-corrected chi connectivity index (χ1v) is 33.8. The lowest BCUT2D eigenvalue weighted by molar-refractivity contribution is 0.0814. The summed E-state index contributed by atoms with van der Waals surface area (Å²) in [4.78, 5) is 86.0. The number of carbonyl (C=O) groups excluding carboxylic acids is 6. The Morgan fingerprint density at radius 2 is 0.369 bits per heavy atom.